The van der Waals surface area contributed by atoms with Crippen molar-refractivity contribution >= 4 is 11.7 Å². The number of rotatable bonds is 4. The van der Waals surface area contributed by atoms with Crippen molar-refractivity contribution in [3.05, 3.63) is 36.0 Å². The Kier molecular flexibility index (Phi) is 5.17. The van der Waals surface area contributed by atoms with Crippen LogP contribution in [0, 0.1) is 0 Å². The summed E-state index contributed by atoms with van der Waals surface area (Å²) in [5, 5.41) is 8.91. The van der Waals surface area contributed by atoms with Gasteiger partial charge in [-0.3, -0.25) is 4.68 Å². The van der Waals surface area contributed by atoms with Gasteiger partial charge in [0.15, 0.2) is 5.69 Å². The summed E-state index contributed by atoms with van der Waals surface area (Å²) < 4.78 is 44.9. The van der Waals surface area contributed by atoms with E-state index < -0.39 is 11.9 Å². The summed E-state index contributed by atoms with van der Waals surface area (Å²) in [6.45, 7) is 1.17. The lowest BCUT2D eigenvalue weighted by Gasteiger charge is -2.12. The number of hydrogen-bond donors (Lipinski definition) is 2. The lowest BCUT2D eigenvalue weighted by molar-refractivity contribution is -0.141. The molecule has 2 amide bonds. The molecule has 2 heterocycles. The van der Waals surface area contributed by atoms with E-state index >= 15 is 0 Å². The SMILES string of the molecule is Cn1nc(C(F)(F)F)cc1-c1ccc(NC(=O)NC[C@@H]2CCCO2)cc1. The van der Waals surface area contributed by atoms with Gasteiger partial charge in [0, 0.05) is 25.9 Å². The first-order valence-corrected chi connectivity index (χ1v) is 8.21. The molecule has 1 fully saturated rings. The number of ether oxygens (including phenoxy) is 1. The fourth-order valence-electron chi connectivity index (χ4n) is 2.79. The zero-order valence-corrected chi connectivity index (χ0v) is 14.1. The number of nitrogens with one attached hydrogen (secondary N) is 2. The number of halogens is 3. The molecule has 1 aliphatic rings. The number of urea groups is 1. The van der Waals surface area contributed by atoms with Crippen molar-refractivity contribution in [1.82, 2.24) is 15.1 Å². The second-order valence-corrected chi connectivity index (χ2v) is 6.08. The zero-order chi connectivity index (χ0) is 18.7. The van der Waals surface area contributed by atoms with Crippen LogP contribution < -0.4 is 10.6 Å². The van der Waals surface area contributed by atoms with Gasteiger partial charge in [-0.2, -0.15) is 18.3 Å². The van der Waals surface area contributed by atoms with Gasteiger partial charge in [0.1, 0.15) is 0 Å². The van der Waals surface area contributed by atoms with Crippen LogP contribution in [0.2, 0.25) is 0 Å². The quantitative estimate of drug-likeness (QED) is 0.869. The van der Waals surface area contributed by atoms with Crippen LogP contribution in [0.1, 0.15) is 18.5 Å². The van der Waals surface area contributed by atoms with Gasteiger partial charge in [-0.15, -0.1) is 0 Å². The molecule has 26 heavy (non-hydrogen) atoms. The fourth-order valence-corrected chi connectivity index (χ4v) is 2.79. The van der Waals surface area contributed by atoms with E-state index in [1.54, 1.807) is 24.3 Å². The first-order chi connectivity index (χ1) is 12.3. The predicted molar refractivity (Wildman–Crippen MR) is 89.6 cm³/mol. The molecular formula is C17H19F3N4O2. The lowest BCUT2D eigenvalue weighted by Crippen LogP contribution is -2.34. The third-order valence-electron chi connectivity index (χ3n) is 4.12. The molecule has 0 radical (unpaired) electrons. The van der Waals surface area contributed by atoms with Gasteiger partial charge in [0.05, 0.1) is 11.8 Å². The maximum atomic E-state index is 12.7. The van der Waals surface area contributed by atoms with Crippen LogP contribution in [0.5, 0.6) is 0 Å². The van der Waals surface area contributed by atoms with E-state index in [1.807, 2.05) is 0 Å². The van der Waals surface area contributed by atoms with E-state index in [-0.39, 0.29) is 12.1 Å². The Morgan fingerprint density at radius 3 is 2.65 bits per heavy atom. The van der Waals surface area contributed by atoms with E-state index in [0.29, 0.717) is 23.5 Å². The number of carbonyl (C=O) groups excluding carboxylic acids is 1. The lowest BCUT2D eigenvalue weighted by atomic mass is 10.1. The van der Waals surface area contributed by atoms with E-state index in [0.717, 1.165) is 25.5 Å². The number of anilines is 1. The molecule has 140 valence electrons. The van der Waals surface area contributed by atoms with E-state index in [2.05, 4.69) is 15.7 Å². The predicted octanol–water partition coefficient (Wildman–Crippen LogP) is 3.41. The minimum atomic E-state index is -4.49. The summed E-state index contributed by atoms with van der Waals surface area (Å²) in [4.78, 5) is 11.9. The average molecular weight is 368 g/mol. The van der Waals surface area contributed by atoms with Crippen LogP contribution in [-0.2, 0) is 18.0 Å². The standard InChI is InChI=1S/C17H19F3N4O2/c1-24-14(9-15(23-24)17(18,19)20)11-4-6-12(7-5-11)22-16(25)21-10-13-3-2-8-26-13/h4-7,9,13H,2-3,8,10H2,1H3,(H2,21,22,25)/t13-/m0/s1. The van der Waals surface area contributed by atoms with Gasteiger partial charge in [0.25, 0.3) is 0 Å². The number of nitrogens with zero attached hydrogens (tertiary/aromatic N) is 2. The van der Waals surface area contributed by atoms with Crippen molar-refractivity contribution in [3.8, 4) is 11.3 Å². The molecule has 1 aliphatic heterocycles. The molecule has 0 spiro atoms. The molecule has 3 rings (SSSR count). The summed E-state index contributed by atoms with van der Waals surface area (Å²) in [6, 6.07) is 7.16. The smallest absolute Gasteiger partial charge is 0.376 e. The number of hydrogen-bond acceptors (Lipinski definition) is 3. The van der Waals surface area contributed by atoms with Gasteiger partial charge in [0.2, 0.25) is 0 Å². The number of aryl methyl sites for hydroxylation is 1. The molecule has 2 aromatic rings. The molecular weight excluding hydrogens is 349 g/mol. The van der Waals surface area contributed by atoms with Crippen molar-refractivity contribution < 1.29 is 22.7 Å². The second-order valence-electron chi connectivity index (χ2n) is 6.08. The van der Waals surface area contributed by atoms with Gasteiger partial charge < -0.3 is 15.4 Å². The maximum Gasteiger partial charge on any atom is 0.435 e. The Bertz CT molecular complexity index is 765. The number of amides is 2. The van der Waals surface area contributed by atoms with Gasteiger partial charge >= 0.3 is 12.2 Å². The Balaban J connectivity index is 1.61. The van der Waals surface area contributed by atoms with Crippen LogP contribution in [0.25, 0.3) is 11.3 Å². The van der Waals surface area contributed by atoms with E-state index in [1.165, 1.54) is 11.7 Å². The van der Waals surface area contributed by atoms with Gasteiger partial charge in [-0.05, 0) is 36.6 Å². The molecule has 0 saturated carbocycles. The fraction of sp³-hybridized carbons (Fsp3) is 0.412. The van der Waals surface area contributed by atoms with Crippen LogP contribution in [0.3, 0.4) is 0 Å². The normalized spacial score (nSPS) is 17.3. The Hall–Kier alpha value is -2.55. The molecule has 1 aromatic heterocycles. The Labute approximate surface area is 148 Å². The summed E-state index contributed by atoms with van der Waals surface area (Å²) >= 11 is 0. The van der Waals surface area contributed by atoms with E-state index in [4.69, 9.17) is 4.74 Å². The largest absolute Gasteiger partial charge is 0.435 e. The highest BCUT2D eigenvalue weighted by molar-refractivity contribution is 5.89. The first kappa shape index (κ1) is 18.2. The molecule has 0 bridgehead atoms. The summed E-state index contributed by atoms with van der Waals surface area (Å²) in [7, 11) is 1.45. The molecule has 0 aliphatic carbocycles. The highest BCUT2D eigenvalue weighted by Crippen LogP contribution is 2.31. The monoisotopic (exact) mass is 368 g/mol. The summed E-state index contributed by atoms with van der Waals surface area (Å²) in [6.07, 6.45) is -2.51. The topological polar surface area (TPSA) is 68.2 Å². The van der Waals surface area contributed by atoms with Crippen LogP contribution in [-0.4, -0.2) is 35.1 Å². The molecule has 9 heteroatoms. The van der Waals surface area contributed by atoms with E-state index in [9.17, 15) is 18.0 Å². The number of carbonyl (C=O) groups is 1. The number of alkyl halides is 3. The maximum absolute atomic E-state index is 12.7. The third-order valence-corrected chi connectivity index (χ3v) is 4.12. The first-order valence-electron chi connectivity index (χ1n) is 8.21. The van der Waals surface area contributed by atoms with Crippen LogP contribution in [0.4, 0.5) is 23.7 Å². The van der Waals surface area contributed by atoms with Crippen molar-refractivity contribution in [2.75, 3.05) is 18.5 Å². The molecule has 2 N–H and O–H groups in total. The number of benzene rings is 1. The highest BCUT2D eigenvalue weighted by Gasteiger charge is 2.34. The average Bonchev–Trinajstić information content (AvgIpc) is 3.23. The zero-order valence-electron chi connectivity index (χ0n) is 14.1. The van der Waals surface area contributed by atoms with Crippen molar-refractivity contribution in [2.24, 2.45) is 7.05 Å². The second kappa shape index (κ2) is 7.36. The summed E-state index contributed by atoms with van der Waals surface area (Å²) in [5.41, 5.74) is 0.509. The molecule has 1 atom stereocenters. The molecule has 6 nitrogen and oxygen atoms in total. The third kappa shape index (κ3) is 4.34. The molecule has 1 saturated heterocycles. The highest BCUT2D eigenvalue weighted by atomic mass is 19.4. The van der Waals surface area contributed by atoms with Crippen molar-refractivity contribution in [3.63, 3.8) is 0 Å². The van der Waals surface area contributed by atoms with Crippen LogP contribution >= 0.6 is 0 Å². The Morgan fingerprint density at radius 1 is 1.35 bits per heavy atom. The minimum Gasteiger partial charge on any atom is -0.376 e. The molecule has 1 aromatic carbocycles. The molecule has 0 unspecified atom stereocenters. The van der Waals surface area contributed by atoms with Gasteiger partial charge in [-0.1, -0.05) is 12.1 Å². The van der Waals surface area contributed by atoms with Crippen molar-refractivity contribution in [1.29, 1.82) is 0 Å². The number of aromatic nitrogens is 2. The van der Waals surface area contributed by atoms with Crippen LogP contribution in [0.15, 0.2) is 30.3 Å². The van der Waals surface area contributed by atoms with Gasteiger partial charge in [-0.25, -0.2) is 4.79 Å². The van der Waals surface area contributed by atoms with Crippen molar-refractivity contribution in [2.45, 2.75) is 25.1 Å². The summed E-state index contributed by atoms with van der Waals surface area (Å²) in [5.74, 6) is 0. The minimum absolute atomic E-state index is 0.0517. The Morgan fingerprint density at radius 2 is 2.08 bits per heavy atom.